The standard InChI is InChI=1S/C21H38O3/c1-3-4-13-21(24-22)23-14-20-18-11-7-5-9-16(18)15(2)17-10-6-8-12-19(17)20/h15-22H,3-14H2,1-2H3/t15?,16-,17+,18?,19?,20?,21?. The third-order valence-corrected chi connectivity index (χ3v) is 7.59. The molecule has 0 saturated heterocycles. The number of rotatable bonds is 7. The van der Waals surface area contributed by atoms with Crippen molar-refractivity contribution in [3.05, 3.63) is 0 Å². The third kappa shape index (κ3) is 3.99. The molecule has 140 valence electrons. The molecule has 0 spiro atoms. The fourth-order valence-corrected chi connectivity index (χ4v) is 6.38. The maximum absolute atomic E-state index is 9.16. The zero-order valence-corrected chi connectivity index (χ0v) is 15.8. The van der Waals surface area contributed by atoms with Crippen molar-refractivity contribution >= 4 is 0 Å². The van der Waals surface area contributed by atoms with Crippen LogP contribution in [-0.4, -0.2) is 18.2 Å². The molecule has 3 heteroatoms. The van der Waals surface area contributed by atoms with E-state index < -0.39 is 6.29 Å². The first kappa shape index (κ1) is 18.7. The summed E-state index contributed by atoms with van der Waals surface area (Å²) in [5.74, 6) is 5.11. The Hall–Kier alpha value is -0.120. The number of hydrogen-bond acceptors (Lipinski definition) is 3. The molecule has 3 saturated carbocycles. The van der Waals surface area contributed by atoms with Gasteiger partial charge in [0.2, 0.25) is 0 Å². The maximum atomic E-state index is 9.16. The van der Waals surface area contributed by atoms with Crippen molar-refractivity contribution in [3.8, 4) is 0 Å². The highest BCUT2D eigenvalue weighted by molar-refractivity contribution is 4.98. The zero-order valence-electron chi connectivity index (χ0n) is 15.8. The van der Waals surface area contributed by atoms with Crippen molar-refractivity contribution in [1.29, 1.82) is 0 Å². The molecule has 3 aliphatic carbocycles. The lowest BCUT2D eigenvalue weighted by atomic mass is 9.51. The molecule has 3 rings (SSSR count). The summed E-state index contributed by atoms with van der Waals surface area (Å²) >= 11 is 0. The normalized spacial score (nSPS) is 40.6. The van der Waals surface area contributed by atoms with Crippen LogP contribution in [0.15, 0.2) is 0 Å². The van der Waals surface area contributed by atoms with Gasteiger partial charge in [0.1, 0.15) is 0 Å². The van der Waals surface area contributed by atoms with E-state index in [2.05, 4.69) is 18.7 Å². The lowest BCUT2D eigenvalue weighted by Gasteiger charge is -2.55. The summed E-state index contributed by atoms with van der Waals surface area (Å²) in [6.45, 7) is 5.50. The summed E-state index contributed by atoms with van der Waals surface area (Å²) in [5, 5.41) is 9.16. The van der Waals surface area contributed by atoms with Gasteiger partial charge in [-0.1, -0.05) is 46.0 Å². The van der Waals surface area contributed by atoms with Gasteiger partial charge in [0, 0.05) is 6.42 Å². The Balaban J connectivity index is 1.67. The topological polar surface area (TPSA) is 38.7 Å². The predicted octanol–water partition coefficient (Wildman–Crippen LogP) is 5.89. The van der Waals surface area contributed by atoms with Gasteiger partial charge in [-0.15, -0.1) is 0 Å². The number of unbranched alkanes of at least 4 members (excludes halogenated alkanes) is 1. The summed E-state index contributed by atoms with van der Waals surface area (Å²) < 4.78 is 6.09. The minimum absolute atomic E-state index is 0.423. The van der Waals surface area contributed by atoms with Crippen molar-refractivity contribution in [2.24, 2.45) is 35.5 Å². The van der Waals surface area contributed by atoms with Gasteiger partial charge >= 0.3 is 0 Å². The second-order valence-corrected chi connectivity index (χ2v) is 8.76. The molecular weight excluding hydrogens is 300 g/mol. The lowest BCUT2D eigenvalue weighted by Crippen LogP contribution is -2.49. The van der Waals surface area contributed by atoms with E-state index in [9.17, 15) is 0 Å². The fraction of sp³-hybridized carbons (Fsp3) is 1.00. The van der Waals surface area contributed by atoms with E-state index in [4.69, 9.17) is 9.99 Å². The highest BCUT2D eigenvalue weighted by atomic mass is 17.1. The first-order valence-corrected chi connectivity index (χ1v) is 10.7. The lowest BCUT2D eigenvalue weighted by molar-refractivity contribution is -0.351. The molecule has 0 amide bonds. The van der Waals surface area contributed by atoms with E-state index in [1.165, 1.54) is 51.4 Å². The Morgan fingerprint density at radius 2 is 1.46 bits per heavy atom. The zero-order chi connectivity index (χ0) is 16.9. The van der Waals surface area contributed by atoms with Crippen LogP contribution in [0.3, 0.4) is 0 Å². The Bertz CT molecular complexity index is 348. The van der Waals surface area contributed by atoms with Crippen LogP contribution >= 0.6 is 0 Å². The van der Waals surface area contributed by atoms with Gasteiger partial charge in [-0.3, -0.25) is 0 Å². The van der Waals surface area contributed by atoms with Gasteiger partial charge in [-0.2, -0.15) is 0 Å². The quantitative estimate of drug-likeness (QED) is 0.357. The molecule has 7 atom stereocenters. The van der Waals surface area contributed by atoms with Crippen molar-refractivity contribution in [2.45, 2.75) is 90.8 Å². The van der Waals surface area contributed by atoms with E-state index in [0.717, 1.165) is 55.5 Å². The van der Waals surface area contributed by atoms with E-state index >= 15 is 0 Å². The monoisotopic (exact) mass is 338 g/mol. The molecule has 0 bridgehead atoms. The van der Waals surface area contributed by atoms with Gasteiger partial charge in [0.05, 0.1) is 6.61 Å². The second-order valence-electron chi connectivity index (χ2n) is 8.76. The molecule has 24 heavy (non-hydrogen) atoms. The summed E-state index contributed by atoms with van der Waals surface area (Å²) in [7, 11) is 0. The highest BCUT2D eigenvalue weighted by Crippen LogP contribution is 2.55. The minimum Gasteiger partial charge on any atom is -0.349 e. The van der Waals surface area contributed by atoms with Crippen LogP contribution < -0.4 is 0 Å². The Morgan fingerprint density at radius 1 is 0.917 bits per heavy atom. The average Bonchev–Trinajstić information content (AvgIpc) is 2.64. The summed E-state index contributed by atoms with van der Waals surface area (Å²) in [6.07, 6.45) is 13.8. The first-order valence-electron chi connectivity index (χ1n) is 10.7. The molecule has 0 aromatic carbocycles. The van der Waals surface area contributed by atoms with Gasteiger partial charge in [-0.25, -0.2) is 10.1 Å². The van der Waals surface area contributed by atoms with Crippen molar-refractivity contribution < 1.29 is 14.9 Å². The van der Waals surface area contributed by atoms with Crippen molar-refractivity contribution in [2.75, 3.05) is 6.61 Å². The van der Waals surface area contributed by atoms with Gasteiger partial charge < -0.3 is 4.74 Å². The smallest absolute Gasteiger partial charge is 0.190 e. The van der Waals surface area contributed by atoms with Crippen LogP contribution in [0, 0.1) is 35.5 Å². The predicted molar refractivity (Wildman–Crippen MR) is 96.5 cm³/mol. The van der Waals surface area contributed by atoms with Crippen LogP contribution in [0.2, 0.25) is 0 Å². The van der Waals surface area contributed by atoms with Crippen LogP contribution in [0.4, 0.5) is 0 Å². The summed E-state index contributed by atoms with van der Waals surface area (Å²) in [4.78, 5) is 4.61. The van der Waals surface area contributed by atoms with Gasteiger partial charge in [-0.05, 0) is 67.6 Å². The van der Waals surface area contributed by atoms with Crippen LogP contribution in [-0.2, 0) is 9.62 Å². The number of fused-ring (bicyclic) bond motifs is 2. The largest absolute Gasteiger partial charge is 0.349 e. The molecule has 1 N–H and O–H groups in total. The van der Waals surface area contributed by atoms with Crippen molar-refractivity contribution in [3.63, 3.8) is 0 Å². The molecule has 0 aromatic rings. The molecule has 3 fully saturated rings. The van der Waals surface area contributed by atoms with Crippen molar-refractivity contribution in [1.82, 2.24) is 0 Å². The molecular formula is C21H38O3. The minimum atomic E-state index is -0.423. The molecule has 3 nitrogen and oxygen atoms in total. The average molecular weight is 339 g/mol. The first-order chi connectivity index (χ1) is 11.8. The van der Waals surface area contributed by atoms with Crippen LogP contribution in [0.25, 0.3) is 0 Å². The second kappa shape index (κ2) is 9.00. The van der Waals surface area contributed by atoms with Gasteiger partial charge in [0.15, 0.2) is 6.29 Å². The summed E-state index contributed by atoms with van der Waals surface area (Å²) in [5.41, 5.74) is 0. The van der Waals surface area contributed by atoms with E-state index in [1.807, 2.05) is 0 Å². The fourth-order valence-electron chi connectivity index (χ4n) is 6.38. The third-order valence-electron chi connectivity index (χ3n) is 7.59. The number of ether oxygens (including phenoxy) is 1. The van der Waals surface area contributed by atoms with Crippen LogP contribution in [0.5, 0.6) is 0 Å². The molecule has 0 heterocycles. The van der Waals surface area contributed by atoms with Crippen LogP contribution in [0.1, 0.15) is 84.5 Å². The van der Waals surface area contributed by atoms with E-state index in [1.54, 1.807) is 0 Å². The SMILES string of the molecule is CCCCC(OO)OCC1C2CCCC[C@H]2C(C)[C@H]2CCCCC12. The Labute approximate surface area is 148 Å². The molecule has 0 radical (unpaired) electrons. The van der Waals surface area contributed by atoms with Gasteiger partial charge in [0.25, 0.3) is 0 Å². The van der Waals surface area contributed by atoms with E-state index in [0.29, 0.717) is 5.92 Å². The highest BCUT2D eigenvalue weighted by Gasteiger charge is 2.49. The molecule has 5 unspecified atom stereocenters. The molecule has 0 aliphatic heterocycles. The summed E-state index contributed by atoms with van der Waals surface area (Å²) in [6, 6.07) is 0. The Kier molecular flexibility index (Phi) is 7.00. The molecule has 3 aliphatic rings. The Morgan fingerprint density at radius 3 is 1.96 bits per heavy atom. The van der Waals surface area contributed by atoms with E-state index in [-0.39, 0.29) is 0 Å². The number of hydrogen-bond donors (Lipinski definition) is 1. The molecule has 0 aromatic heterocycles. The maximum Gasteiger partial charge on any atom is 0.190 e.